The van der Waals surface area contributed by atoms with E-state index >= 15 is 0 Å². The van der Waals surface area contributed by atoms with Crippen LogP contribution in [0.15, 0.2) is 66.0 Å². The molecule has 4 nitrogen and oxygen atoms in total. The van der Waals surface area contributed by atoms with E-state index in [0.717, 1.165) is 40.2 Å². The number of amides is 1. The van der Waals surface area contributed by atoms with Crippen LogP contribution in [0.25, 0.3) is 0 Å². The van der Waals surface area contributed by atoms with Crippen molar-refractivity contribution in [1.82, 2.24) is 0 Å². The van der Waals surface area contributed by atoms with Gasteiger partial charge in [0.1, 0.15) is 0 Å². The van der Waals surface area contributed by atoms with E-state index in [2.05, 4.69) is 0 Å². The van der Waals surface area contributed by atoms with E-state index in [9.17, 15) is 9.59 Å². The van der Waals surface area contributed by atoms with Crippen LogP contribution in [0.1, 0.15) is 16.0 Å². The number of esters is 1. The third-order valence-electron chi connectivity index (χ3n) is 4.63. The van der Waals surface area contributed by atoms with Crippen molar-refractivity contribution in [2.75, 3.05) is 11.5 Å². The quantitative estimate of drug-likeness (QED) is 0.637. The molecule has 2 aromatic carbocycles. The number of benzene rings is 2. The number of carbonyl (C=O) groups excluding carboxylic acids is 2. The molecule has 0 N–H and O–H groups in total. The molecular weight excluding hydrogens is 358 g/mol. The standard InChI is InChI=1S/C22H19NO3S/c24-21(15-26-22(25)14-18-8-5-13-27-18)23-19-9-3-1-6-16(19)11-12-17-7-2-4-10-20(17)23/h1-10,13H,11-12,14-15H2. The average Bonchev–Trinajstić information content (AvgIpc) is 3.13. The van der Waals surface area contributed by atoms with E-state index in [1.807, 2.05) is 66.0 Å². The molecule has 1 aliphatic heterocycles. The van der Waals surface area contributed by atoms with E-state index in [0.29, 0.717) is 0 Å². The molecule has 0 saturated carbocycles. The molecule has 0 bridgehead atoms. The number of thiophene rings is 1. The summed E-state index contributed by atoms with van der Waals surface area (Å²) >= 11 is 1.50. The van der Waals surface area contributed by atoms with Gasteiger partial charge in [0.25, 0.3) is 5.91 Å². The second-order valence-electron chi connectivity index (χ2n) is 6.40. The van der Waals surface area contributed by atoms with Gasteiger partial charge in [-0.15, -0.1) is 11.3 Å². The van der Waals surface area contributed by atoms with Crippen LogP contribution in [-0.2, 0) is 33.6 Å². The Morgan fingerprint density at radius 2 is 1.52 bits per heavy atom. The zero-order valence-electron chi connectivity index (χ0n) is 14.8. The summed E-state index contributed by atoms with van der Waals surface area (Å²) in [5, 5.41) is 1.92. The molecule has 0 saturated heterocycles. The Labute approximate surface area is 162 Å². The molecule has 2 heterocycles. The molecular formula is C22H19NO3S. The number of anilines is 2. The number of hydrogen-bond donors (Lipinski definition) is 0. The van der Waals surface area contributed by atoms with Crippen LogP contribution in [0.4, 0.5) is 11.4 Å². The maximum Gasteiger partial charge on any atom is 0.311 e. The molecule has 1 amide bonds. The maximum atomic E-state index is 13.0. The molecule has 0 unspecified atom stereocenters. The Morgan fingerprint density at radius 3 is 2.11 bits per heavy atom. The summed E-state index contributed by atoms with van der Waals surface area (Å²) in [5.74, 6) is -0.626. The molecule has 5 heteroatoms. The average molecular weight is 377 g/mol. The SMILES string of the molecule is O=C(Cc1cccs1)OCC(=O)N1c2ccccc2CCc2ccccc21. The van der Waals surface area contributed by atoms with E-state index in [4.69, 9.17) is 4.74 Å². The van der Waals surface area contributed by atoms with E-state index < -0.39 is 0 Å². The largest absolute Gasteiger partial charge is 0.455 e. The summed E-state index contributed by atoms with van der Waals surface area (Å²) in [6, 6.07) is 19.6. The highest BCUT2D eigenvalue weighted by Gasteiger charge is 2.26. The van der Waals surface area contributed by atoms with Gasteiger partial charge in [-0.1, -0.05) is 42.5 Å². The minimum absolute atomic E-state index is 0.193. The van der Waals surface area contributed by atoms with Crippen LogP contribution in [-0.4, -0.2) is 18.5 Å². The van der Waals surface area contributed by atoms with Crippen LogP contribution in [0.3, 0.4) is 0 Å². The number of rotatable bonds is 4. The molecule has 136 valence electrons. The third kappa shape index (κ3) is 3.78. The van der Waals surface area contributed by atoms with Gasteiger partial charge in [-0.05, 0) is 47.5 Å². The minimum Gasteiger partial charge on any atom is -0.455 e. The number of nitrogens with zero attached hydrogens (tertiary/aromatic N) is 1. The molecule has 27 heavy (non-hydrogen) atoms. The highest BCUT2D eigenvalue weighted by atomic mass is 32.1. The molecule has 0 spiro atoms. The van der Waals surface area contributed by atoms with Crippen molar-refractivity contribution >= 4 is 34.6 Å². The molecule has 0 aliphatic carbocycles. The Morgan fingerprint density at radius 1 is 0.889 bits per heavy atom. The van der Waals surface area contributed by atoms with Gasteiger partial charge in [-0.3, -0.25) is 14.5 Å². The lowest BCUT2D eigenvalue weighted by Gasteiger charge is -2.24. The van der Waals surface area contributed by atoms with Crippen molar-refractivity contribution < 1.29 is 14.3 Å². The minimum atomic E-state index is -0.387. The first kappa shape index (κ1) is 17.5. The maximum absolute atomic E-state index is 13.0. The van der Waals surface area contributed by atoms with Gasteiger partial charge in [-0.2, -0.15) is 0 Å². The molecule has 0 atom stereocenters. The lowest BCUT2D eigenvalue weighted by Crippen LogP contribution is -2.31. The lowest BCUT2D eigenvalue weighted by molar-refractivity contribution is -0.146. The Bertz CT molecular complexity index is 918. The number of hydrogen-bond acceptors (Lipinski definition) is 4. The van der Waals surface area contributed by atoms with Crippen molar-refractivity contribution in [2.45, 2.75) is 19.3 Å². The van der Waals surface area contributed by atoms with Crippen molar-refractivity contribution in [1.29, 1.82) is 0 Å². The summed E-state index contributed by atoms with van der Waals surface area (Å²) in [4.78, 5) is 27.7. The fourth-order valence-electron chi connectivity index (χ4n) is 3.36. The molecule has 3 aromatic rings. The van der Waals surface area contributed by atoms with Crippen LogP contribution < -0.4 is 4.90 Å². The Hall–Kier alpha value is -2.92. The van der Waals surface area contributed by atoms with E-state index in [-0.39, 0.29) is 24.9 Å². The number of para-hydroxylation sites is 2. The third-order valence-corrected chi connectivity index (χ3v) is 5.51. The van der Waals surface area contributed by atoms with Crippen molar-refractivity contribution in [3.63, 3.8) is 0 Å². The molecule has 0 radical (unpaired) electrons. The summed E-state index contributed by atoms with van der Waals surface area (Å²) in [7, 11) is 0. The number of ether oxygens (including phenoxy) is 1. The van der Waals surface area contributed by atoms with Gasteiger partial charge in [0.15, 0.2) is 6.61 Å². The zero-order valence-corrected chi connectivity index (χ0v) is 15.6. The Kier molecular flexibility index (Phi) is 5.03. The second-order valence-corrected chi connectivity index (χ2v) is 7.44. The van der Waals surface area contributed by atoms with Crippen molar-refractivity contribution in [3.05, 3.63) is 82.0 Å². The summed E-state index contributed by atoms with van der Waals surface area (Å²) in [5.41, 5.74) is 3.96. The first-order chi connectivity index (χ1) is 13.2. The van der Waals surface area contributed by atoms with Gasteiger partial charge in [-0.25, -0.2) is 0 Å². The number of carbonyl (C=O) groups is 2. The van der Waals surface area contributed by atoms with Crippen LogP contribution >= 0.6 is 11.3 Å². The zero-order chi connectivity index (χ0) is 18.6. The molecule has 0 fully saturated rings. The van der Waals surface area contributed by atoms with Crippen LogP contribution in [0.2, 0.25) is 0 Å². The van der Waals surface area contributed by atoms with Gasteiger partial charge < -0.3 is 4.74 Å². The highest BCUT2D eigenvalue weighted by molar-refractivity contribution is 7.10. The molecule has 1 aliphatic rings. The normalized spacial score (nSPS) is 12.7. The van der Waals surface area contributed by atoms with Crippen molar-refractivity contribution in [2.24, 2.45) is 0 Å². The predicted octanol–water partition coefficient (Wildman–Crippen LogP) is 4.30. The van der Waals surface area contributed by atoms with Gasteiger partial charge in [0.2, 0.25) is 0 Å². The summed E-state index contributed by atoms with van der Waals surface area (Å²) in [6.45, 7) is -0.271. The summed E-state index contributed by atoms with van der Waals surface area (Å²) in [6.07, 6.45) is 1.93. The van der Waals surface area contributed by atoms with E-state index in [1.165, 1.54) is 11.3 Å². The lowest BCUT2D eigenvalue weighted by atomic mass is 10.0. The van der Waals surface area contributed by atoms with E-state index in [1.54, 1.807) is 4.90 Å². The number of fused-ring (bicyclic) bond motifs is 2. The first-order valence-electron chi connectivity index (χ1n) is 8.89. The fourth-order valence-corrected chi connectivity index (χ4v) is 4.05. The topological polar surface area (TPSA) is 46.6 Å². The number of aryl methyl sites for hydroxylation is 2. The fraction of sp³-hybridized carbons (Fsp3) is 0.182. The smallest absolute Gasteiger partial charge is 0.311 e. The predicted molar refractivity (Wildman–Crippen MR) is 106 cm³/mol. The first-order valence-corrected chi connectivity index (χ1v) is 9.77. The summed E-state index contributed by atoms with van der Waals surface area (Å²) < 4.78 is 5.28. The monoisotopic (exact) mass is 377 g/mol. The van der Waals surface area contributed by atoms with Gasteiger partial charge in [0.05, 0.1) is 17.8 Å². The van der Waals surface area contributed by atoms with Crippen LogP contribution in [0, 0.1) is 0 Å². The van der Waals surface area contributed by atoms with Gasteiger partial charge >= 0.3 is 5.97 Å². The van der Waals surface area contributed by atoms with Gasteiger partial charge in [0, 0.05) is 4.88 Å². The second kappa shape index (κ2) is 7.76. The highest BCUT2D eigenvalue weighted by Crippen LogP contribution is 2.35. The van der Waals surface area contributed by atoms with Crippen LogP contribution in [0.5, 0.6) is 0 Å². The molecule has 4 rings (SSSR count). The van der Waals surface area contributed by atoms with Crippen molar-refractivity contribution in [3.8, 4) is 0 Å². The Balaban J connectivity index is 1.56. The molecule has 1 aromatic heterocycles.